The number of benzene rings is 2. The van der Waals surface area contributed by atoms with Gasteiger partial charge in [-0.15, -0.1) is 0 Å². The summed E-state index contributed by atoms with van der Waals surface area (Å²) in [6.07, 6.45) is 0. The number of hydrogen-bond acceptors (Lipinski definition) is 0. The molecule has 2 aromatic rings. The molecule has 21 heavy (non-hydrogen) atoms. The molecule has 0 amide bonds. The Balaban J connectivity index is 2.63. The molecule has 2 rings (SSSR count). The van der Waals surface area contributed by atoms with E-state index in [0.29, 0.717) is 0 Å². The van der Waals surface area contributed by atoms with Gasteiger partial charge in [0.2, 0.25) is 0 Å². The second-order valence-corrected chi connectivity index (χ2v) is 7.68. The van der Waals surface area contributed by atoms with E-state index in [1.54, 1.807) is 0 Å². The van der Waals surface area contributed by atoms with Gasteiger partial charge in [0.25, 0.3) is 0 Å². The molecule has 2 heteroatoms. The molecular weight excluding hydrogens is 388 g/mol. The minimum atomic E-state index is 0.229. The van der Waals surface area contributed by atoms with Crippen LogP contribution in [0.5, 0.6) is 0 Å². The van der Waals surface area contributed by atoms with Gasteiger partial charge in [-0.3, -0.25) is 0 Å². The molecule has 0 aliphatic rings. The Hall–Kier alpha value is -0.600. The molecule has 0 N–H and O–H groups in total. The number of alkyl halides is 1. The highest BCUT2D eigenvalue weighted by molar-refractivity contribution is 9.10. The monoisotopic (exact) mass is 408 g/mol. The Morgan fingerprint density at radius 2 is 1.24 bits per heavy atom. The summed E-state index contributed by atoms with van der Waals surface area (Å²) in [7, 11) is 0. The average Bonchev–Trinajstić information content (AvgIpc) is 2.46. The van der Waals surface area contributed by atoms with Gasteiger partial charge < -0.3 is 0 Å². The molecule has 0 aliphatic carbocycles. The van der Waals surface area contributed by atoms with Gasteiger partial charge in [0.1, 0.15) is 0 Å². The topological polar surface area (TPSA) is 0 Å². The summed E-state index contributed by atoms with van der Waals surface area (Å²) >= 11 is 7.57. The number of aryl methyl sites for hydroxylation is 1. The second-order valence-electron chi connectivity index (χ2n) is 5.91. The van der Waals surface area contributed by atoms with Crippen LogP contribution in [0, 0.1) is 41.5 Å². The van der Waals surface area contributed by atoms with Crippen molar-refractivity contribution in [1.82, 2.24) is 0 Å². The highest BCUT2D eigenvalue weighted by atomic mass is 79.9. The lowest BCUT2D eigenvalue weighted by Gasteiger charge is -2.23. The van der Waals surface area contributed by atoms with Gasteiger partial charge >= 0.3 is 0 Å². The largest absolute Gasteiger partial charge is 0.0786 e. The van der Waals surface area contributed by atoms with Crippen molar-refractivity contribution in [3.05, 3.63) is 67.2 Å². The molecule has 0 fully saturated rings. The van der Waals surface area contributed by atoms with E-state index in [4.69, 9.17) is 0 Å². The molecule has 0 saturated carbocycles. The summed E-state index contributed by atoms with van der Waals surface area (Å²) in [5, 5.41) is 0. The van der Waals surface area contributed by atoms with E-state index in [0.717, 1.165) is 0 Å². The molecule has 0 spiro atoms. The quantitative estimate of drug-likeness (QED) is 0.479. The fraction of sp³-hybridized carbons (Fsp3) is 0.368. The van der Waals surface area contributed by atoms with Gasteiger partial charge in [0, 0.05) is 4.47 Å². The van der Waals surface area contributed by atoms with E-state index in [1.807, 2.05) is 0 Å². The average molecular weight is 410 g/mol. The van der Waals surface area contributed by atoms with Crippen LogP contribution in [-0.4, -0.2) is 0 Å². The fourth-order valence-corrected chi connectivity index (χ4v) is 4.21. The summed E-state index contributed by atoms with van der Waals surface area (Å²) in [5.41, 5.74) is 11.0. The van der Waals surface area contributed by atoms with Gasteiger partial charge in [0.15, 0.2) is 0 Å². The standard InChI is InChI=1S/C19H22Br2/c1-10-7-8-16(9-17(10)20)19(21)18-14(5)12(3)11(2)13(4)15(18)6/h7-9,19H,1-6H3. The first kappa shape index (κ1) is 16.8. The van der Waals surface area contributed by atoms with E-state index < -0.39 is 0 Å². The Morgan fingerprint density at radius 3 is 1.71 bits per heavy atom. The van der Waals surface area contributed by atoms with E-state index in [1.165, 1.54) is 49.0 Å². The van der Waals surface area contributed by atoms with E-state index in [2.05, 4.69) is 91.6 Å². The molecule has 0 bridgehead atoms. The van der Waals surface area contributed by atoms with Crippen LogP contribution in [-0.2, 0) is 0 Å². The molecule has 112 valence electrons. The van der Waals surface area contributed by atoms with Crippen molar-refractivity contribution in [1.29, 1.82) is 0 Å². The highest BCUT2D eigenvalue weighted by Gasteiger charge is 2.20. The minimum Gasteiger partial charge on any atom is -0.0786 e. The van der Waals surface area contributed by atoms with Crippen LogP contribution in [0.2, 0.25) is 0 Å². The van der Waals surface area contributed by atoms with E-state index in [-0.39, 0.29) is 4.83 Å². The van der Waals surface area contributed by atoms with Crippen molar-refractivity contribution in [2.45, 2.75) is 46.4 Å². The van der Waals surface area contributed by atoms with Gasteiger partial charge in [-0.2, -0.15) is 0 Å². The lowest BCUT2D eigenvalue weighted by atomic mass is 9.86. The summed E-state index contributed by atoms with van der Waals surface area (Å²) in [4.78, 5) is 0.229. The minimum absolute atomic E-state index is 0.229. The Kier molecular flexibility index (Phi) is 4.99. The lowest BCUT2D eigenvalue weighted by Crippen LogP contribution is -2.06. The maximum atomic E-state index is 3.93. The number of halogens is 2. The Labute approximate surface area is 145 Å². The molecule has 1 unspecified atom stereocenters. The van der Waals surface area contributed by atoms with E-state index in [9.17, 15) is 0 Å². The third kappa shape index (κ3) is 2.98. The first-order valence-electron chi connectivity index (χ1n) is 7.22. The Bertz CT molecular complexity index is 670. The molecule has 0 aliphatic heterocycles. The van der Waals surface area contributed by atoms with Crippen molar-refractivity contribution >= 4 is 31.9 Å². The summed E-state index contributed by atoms with van der Waals surface area (Å²) in [6, 6.07) is 6.60. The van der Waals surface area contributed by atoms with Gasteiger partial charge in [0.05, 0.1) is 4.83 Å². The van der Waals surface area contributed by atoms with Gasteiger partial charge in [-0.05, 0) is 92.1 Å². The highest BCUT2D eigenvalue weighted by Crippen LogP contribution is 2.39. The van der Waals surface area contributed by atoms with Crippen LogP contribution in [0.1, 0.15) is 49.3 Å². The number of rotatable bonds is 2. The van der Waals surface area contributed by atoms with Crippen molar-refractivity contribution in [3.63, 3.8) is 0 Å². The normalized spacial score (nSPS) is 12.6. The molecule has 0 saturated heterocycles. The summed E-state index contributed by atoms with van der Waals surface area (Å²) in [5.74, 6) is 0. The molecule has 0 nitrogen and oxygen atoms in total. The zero-order valence-corrected chi connectivity index (χ0v) is 16.7. The van der Waals surface area contributed by atoms with Gasteiger partial charge in [-0.25, -0.2) is 0 Å². The van der Waals surface area contributed by atoms with Crippen LogP contribution in [0.4, 0.5) is 0 Å². The van der Waals surface area contributed by atoms with Crippen molar-refractivity contribution < 1.29 is 0 Å². The first-order chi connectivity index (χ1) is 9.75. The molecule has 0 radical (unpaired) electrons. The molecule has 2 aromatic carbocycles. The maximum absolute atomic E-state index is 3.93. The van der Waals surface area contributed by atoms with Crippen LogP contribution in [0.15, 0.2) is 22.7 Å². The Morgan fingerprint density at radius 1 is 0.762 bits per heavy atom. The van der Waals surface area contributed by atoms with E-state index >= 15 is 0 Å². The predicted octanol–water partition coefficient (Wildman–Crippen LogP) is 6.78. The smallest absolute Gasteiger partial charge is 0.0650 e. The zero-order valence-electron chi connectivity index (χ0n) is 13.6. The lowest BCUT2D eigenvalue weighted by molar-refractivity contribution is 1.05. The first-order valence-corrected chi connectivity index (χ1v) is 8.93. The summed E-state index contributed by atoms with van der Waals surface area (Å²) in [6.45, 7) is 13.3. The maximum Gasteiger partial charge on any atom is 0.0650 e. The van der Waals surface area contributed by atoms with Gasteiger partial charge in [-0.1, -0.05) is 44.0 Å². The molecular formula is C19H22Br2. The van der Waals surface area contributed by atoms with Crippen LogP contribution in [0.3, 0.4) is 0 Å². The SMILES string of the molecule is Cc1ccc(C(Br)c2c(C)c(C)c(C)c(C)c2C)cc1Br. The van der Waals surface area contributed by atoms with Crippen LogP contribution < -0.4 is 0 Å². The van der Waals surface area contributed by atoms with Crippen LogP contribution in [0.25, 0.3) is 0 Å². The molecule has 0 heterocycles. The number of hydrogen-bond donors (Lipinski definition) is 0. The van der Waals surface area contributed by atoms with Crippen molar-refractivity contribution in [3.8, 4) is 0 Å². The third-order valence-corrected chi connectivity index (χ3v) is 6.64. The van der Waals surface area contributed by atoms with Crippen molar-refractivity contribution in [2.24, 2.45) is 0 Å². The van der Waals surface area contributed by atoms with Crippen molar-refractivity contribution in [2.75, 3.05) is 0 Å². The molecule has 1 atom stereocenters. The third-order valence-electron chi connectivity index (χ3n) is 4.80. The molecule has 0 aromatic heterocycles. The fourth-order valence-electron chi connectivity index (χ4n) is 2.84. The zero-order chi connectivity index (χ0) is 15.9. The predicted molar refractivity (Wildman–Crippen MR) is 99.8 cm³/mol. The van der Waals surface area contributed by atoms with Crippen LogP contribution >= 0.6 is 31.9 Å². The second kappa shape index (κ2) is 6.26. The summed E-state index contributed by atoms with van der Waals surface area (Å²) < 4.78 is 1.17.